The van der Waals surface area contributed by atoms with Crippen molar-refractivity contribution >= 4 is 33.2 Å². The molecule has 1 amide bonds. The zero-order chi connectivity index (χ0) is 23.3. The highest BCUT2D eigenvalue weighted by atomic mass is 35.5. The van der Waals surface area contributed by atoms with Crippen LogP contribution in [0.4, 0.5) is 5.69 Å². The number of benzene rings is 3. The number of amides is 1. The summed E-state index contributed by atoms with van der Waals surface area (Å²) in [5.74, 6) is -0.379. The molecule has 32 heavy (non-hydrogen) atoms. The maximum absolute atomic E-state index is 13.4. The number of nitrogens with zero attached hydrogens (tertiary/aromatic N) is 1. The molecule has 3 aromatic rings. The smallest absolute Gasteiger partial charge is 0.264 e. The van der Waals surface area contributed by atoms with Crippen molar-refractivity contribution in [2.45, 2.75) is 38.1 Å². The Kier molecular flexibility index (Phi) is 7.59. The Morgan fingerprint density at radius 3 is 1.97 bits per heavy atom. The van der Waals surface area contributed by atoms with Gasteiger partial charge in [-0.25, -0.2) is 8.42 Å². The lowest BCUT2D eigenvalue weighted by atomic mass is 10.0. The van der Waals surface area contributed by atoms with Gasteiger partial charge in [0.2, 0.25) is 5.91 Å². The molecule has 0 saturated heterocycles. The van der Waals surface area contributed by atoms with E-state index in [9.17, 15) is 13.2 Å². The van der Waals surface area contributed by atoms with Gasteiger partial charge in [-0.3, -0.25) is 9.10 Å². The molecule has 0 fully saturated rings. The standard InChI is InChI=1S/C25H27ClN2O3S/c1-4-24(20-9-5-18(2)6-10-20)27-25(29)17-28(22-13-7-19(3)8-14-22)32(30,31)23-15-11-21(26)12-16-23/h5-16,24H,4,17H2,1-3H3,(H,27,29)/t24-/m1/s1. The van der Waals surface area contributed by atoms with E-state index in [4.69, 9.17) is 11.6 Å². The van der Waals surface area contributed by atoms with Gasteiger partial charge in [0.15, 0.2) is 0 Å². The predicted octanol–water partition coefficient (Wildman–Crippen LogP) is 5.42. The largest absolute Gasteiger partial charge is 0.348 e. The maximum Gasteiger partial charge on any atom is 0.264 e. The average molecular weight is 471 g/mol. The molecule has 0 heterocycles. The lowest BCUT2D eigenvalue weighted by Crippen LogP contribution is -2.42. The molecule has 168 valence electrons. The number of carbonyl (C=O) groups is 1. The fraction of sp³-hybridized carbons (Fsp3) is 0.240. The van der Waals surface area contributed by atoms with Gasteiger partial charge < -0.3 is 5.32 Å². The summed E-state index contributed by atoms with van der Waals surface area (Å²) in [7, 11) is -3.98. The Hall–Kier alpha value is -2.83. The van der Waals surface area contributed by atoms with Gasteiger partial charge in [0.05, 0.1) is 16.6 Å². The number of halogens is 1. The van der Waals surface area contributed by atoms with Crippen molar-refractivity contribution in [3.63, 3.8) is 0 Å². The van der Waals surface area contributed by atoms with Crippen molar-refractivity contribution in [2.75, 3.05) is 10.8 Å². The average Bonchev–Trinajstić information content (AvgIpc) is 2.77. The first-order valence-electron chi connectivity index (χ1n) is 10.4. The Bertz CT molecular complexity index is 1160. The van der Waals surface area contributed by atoms with Gasteiger partial charge >= 0.3 is 0 Å². The number of hydrogen-bond acceptors (Lipinski definition) is 3. The summed E-state index contributed by atoms with van der Waals surface area (Å²) in [5.41, 5.74) is 3.53. The molecule has 3 rings (SSSR count). The van der Waals surface area contributed by atoms with Crippen LogP contribution in [0.5, 0.6) is 0 Å². The third-order valence-electron chi connectivity index (χ3n) is 5.23. The molecular weight excluding hydrogens is 444 g/mol. The minimum Gasteiger partial charge on any atom is -0.348 e. The van der Waals surface area contributed by atoms with Crippen LogP contribution in [0, 0.1) is 13.8 Å². The first kappa shape index (κ1) is 23.8. The second kappa shape index (κ2) is 10.2. The Morgan fingerprint density at radius 1 is 0.906 bits per heavy atom. The van der Waals surface area contributed by atoms with Gasteiger partial charge in [0.25, 0.3) is 10.0 Å². The summed E-state index contributed by atoms with van der Waals surface area (Å²) in [6, 6.07) is 20.7. The van der Waals surface area contributed by atoms with Crippen LogP contribution in [0.3, 0.4) is 0 Å². The zero-order valence-electron chi connectivity index (χ0n) is 18.4. The van der Waals surface area contributed by atoms with E-state index in [0.29, 0.717) is 17.1 Å². The summed E-state index contributed by atoms with van der Waals surface area (Å²) >= 11 is 5.93. The van der Waals surface area contributed by atoms with Crippen molar-refractivity contribution in [2.24, 2.45) is 0 Å². The summed E-state index contributed by atoms with van der Waals surface area (Å²) in [4.78, 5) is 13.1. The van der Waals surface area contributed by atoms with E-state index >= 15 is 0 Å². The first-order chi connectivity index (χ1) is 15.2. The number of anilines is 1. The van der Waals surface area contributed by atoms with Crippen LogP contribution < -0.4 is 9.62 Å². The second-order valence-electron chi connectivity index (χ2n) is 7.74. The molecule has 1 atom stereocenters. The van der Waals surface area contributed by atoms with Crippen LogP contribution in [-0.4, -0.2) is 20.9 Å². The van der Waals surface area contributed by atoms with Crippen LogP contribution >= 0.6 is 11.6 Å². The van der Waals surface area contributed by atoms with Gasteiger partial charge in [-0.2, -0.15) is 0 Å². The number of aryl methyl sites for hydroxylation is 2. The van der Waals surface area contributed by atoms with Gasteiger partial charge in [0.1, 0.15) is 6.54 Å². The van der Waals surface area contributed by atoms with Crippen molar-refractivity contribution in [3.8, 4) is 0 Å². The van der Waals surface area contributed by atoms with E-state index in [2.05, 4.69) is 5.32 Å². The second-order valence-corrected chi connectivity index (χ2v) is 10.0. The normalized spacial score (nSPS) is 12.2. The molecule has 0 radical (unpaired) electrons. The predicted molar refractivity (Wildman–Crippen MR) is 130 cm³/mol. The van der Waals surface area contributed by atoms with E-state index in [1.807, 2.05) is 57.2 Å². The topological polar surface area (TPSA) is 66.5 Å². The van der Waals surface area contributed by atoms with Crippen molar-refractivity contribution in [1.82, 2.24) is 5.32 Å². The highest BCUT2D eigenvalue weighted by Crippen LogP contribution is 2.25. The molecule has 0 aliphatic carbocycles. The maximum atomic E-state index is 13.4. The molecule has 0 saturated carbocycles. The molecule has 5 nitrogen and oxygen atoms in total. The van der Waals surface area contributed by atoms with Gasteiger partial charge in [-0.1, -0.05) is 66.0 Å². The monoisotopic (exact) mass is 470 g/mol. The Morgan fingerprint density at radius 2 is 1.44 bits per heavy atom. The van der Waals surface area contributed by atoms with Crippen molar-refractivity contribution in [1.29, 1.82) is 0 Å². The minimum atomic E-state index is -3.98. The Balaban J connectivity index is 1.89. The van der Waals surface area contributed by atoms with Crippen molar-refractivity contribution < 1.29 is 13.2 Å². The molecule has 0 aliphatic rings. The van der Waals surface area contributed by atoms with E-state index in [1.54, 1.807) is 12.1 Å². The van der Waals surface area contributed by atoms with Crippen LogP contribution in [0.2, 0.25) is 5.02 Å². The first-order valence-corrected chi connectivity index (χ1v) is 12.2. The number of hydrogen-bond donors (Lipinski definition) is 1. The zero-order valence-corrected chi connectivity index (χ0v) is 20.0. The molecule has 3 aromatic carbocycles. The number of nitrogens with one attached hydrogen (secondary N) is 1. The van der Waals surface area contributed by atoms with E-state index in [0.717, 1.165) is 21.0 Å². The third kappa shape index (κ3) is 5.69. The lowest BCUT2D eigenvalue weighted by molar-refractivity contribution is -0.120. The molecule has 0 spiro atoms. The summed E-state index contributed by atoms with van der Waals surface area (Å²) in [6.07, 6.45) is 0.684. The SMILES string of the molecule is CC[C@@H](NC(=O)CN(c1ccc(C)cc1)S(=O)(=O)c1ccc(Cl)cc1)c1ccc(C)cc1. The fourth-order valence-electron chi connectivity index (χ4n) is 3.35. The quantitative estimate of drug-likeness (QED) is 0.478. The Labute approximate surface area is 195 Å². The number of carbonyl (C=O) groups excluding carboxylic acids is 1. The van der Waals surface area contributed by atoms with E-state index in [-0.39, 0.29) is 23.4 Å². The molecule has 0 unspecified atom stereocenters. The molecule has 0 aromatic heterocycles. The van der Waals surface area contributed by atoms with Crippen LogP contribution in [0.25, 0.3) is 0 Å². The molecule has 0 bridgehead atoms. The third-order valence-corrected chi connectivity index (χ3v) is 7.27. The van der Waals surface area contributed by atoms with Crippen molar-refractivity contribution in [3.05, 3.63) is 94.5 Å². The molecular formula is C25H27ClN2O3S. The molecule has 7 heteroatoms. The highest BCUT2D eigenvalue weighted by molar-refractivity contribution is 7.92. The van der Waals surface area contributed by atoms with Gasteiger partial charge in [-0.15, -0.1) is 0 Å². The summed E-state index contributed by atoms with van der Waals surface area (Å²) in [6.45, 7) is 5.57. The number of sulfonamides is 1. The summed E-state index contributed by atoms with van der Waals surface area (Å²) < 4.78 is 28.0. The van der Waals surface area contributed by atoms with Crippen LogP contribution in [0.15, 0.2) is 77.7 Å². The van der Waals surface area contributed by atoms with E-state index < -0.39 is 10.0 Å². The summed E-state index contributed by atoms with van der Waals surface area (Å²) in [5, 5.41) is 3.42. The lowest BCUT2D eigenvalue weighted by Gasteiger charge is -2.26. The van der Waals surface area contributed by atoms with Crippen LogP contribution in [-0.2, 0) is 14.8 Å². The van der Waals surface area contributed by atoms with E-state index in [1.165, 1.54) is 24.3 Å². The molecule has 0 aliphatic heterocycles. The number of rotatable bonds is 8. The minimum absolute atomic E-state index is 0.0702. The van der Waals surface area contributed by atoms with Crippen LogP contribution in [0.1, 0.15) is 36.1 Å². The molecule has 1 N–H and O–H groups in total. The fourth-order valence-corrected chi connectivity index (χ4v) is 4.90. The van der Waals surface area contributed by atoms with Gasteiger partial charge in [0, 0.05) is 5.02 Å². The van der Waals surface area contributed by atoms with Gasteiger partial charge in [-0.05, 0) is 62.2 Å². The highest BCUT2D eigenvalue weighted by Gasteiger charge is 2.28.